The summed E-state index contributed by atoms with van der Waals surface area (Å²) in [4.78, 5) is 60.4. The second-order valence-corrected chi connectivity index (χ2v) is 15.3. The van der Waals surface area contributed by atoms with Gasteiger partial charge in [0, 0.05) is 117 Å². The van der Waals surface area contributed by atoms with Gasteiger partial charge in [0.15, 0.2) is 0 Å². The Balaban J connectivity index is 0.000000170. The van der Waals surface area contributed by atoms with Gasteiger partial charge in [-0.05, 0) is 79.8 Å². The van der Waals surface area contributed by atoms with E-state index in [0.29, 0.717) is 49.9 Å². The van der Waals surface area contributed by atoms with E-state index in [4.69, 9.17) is 5.11 Å². The van der Waals surface area contributed by atoms with E-state index in [0.717, 1.165) is 45.8 Å². The van der Waals surface area contributed by atoms with Crippen molar-refractivity contribution >= 4 is 69.3 Å². The van der Waals surface area contributed by atoms with Crippen LogP contribution in [-0.4, -0.2) is 104 Å². The Hall–Kier alpha value is -6.94. The van der Waals surface area contributed by atoms with Crippen LogP contribution in [0.25, 0.3) is 34.0 Å². The maximum Gasteiger partial charge on any atom is 0.328 e. The predicted molar refractivity (Wildman–Crippen MR) is 239 cm³/mol. The largest absolute Gasteiger partial charge is 0.478 e. The van der Waals surface area contributed by atoms with Gasteiger partial charge in [0.05, 0.1) is 13.1 Å². The molecule has 2 aliphatic rings. The van der Waals surface area contributed by atoms with Crippen LogP contribution in [0.5, 0.6) is 0 Å². The number of nitrogens with one attached hydrogen (secondary N) is 3. The number of fused-ring (bicyclic) bond motifs is 4. The molecule has 0 atom stereocenters. The zero-order valence-corrected chi connectivity index (χ0v) is 35.3. The van der Waals surface area contributed by atoms with Gasteiger partial charge in [-0.15, -0.1) is 0 Å². The predicted octanol–water partition coefficient (Wildman–Crippen LogP) is 5.09. The Kier molecular flexibility index (Phi) is 14.2. The number of nitrogens with zero attached hydrogens (tertiary/aromatic N) is 7. The lowest BCUT2D eigenvalue weighted by atomic mass is 10.1. The van der Waals surface area contributed by atoms with Crippen molar-refractivity contribution in [3.63, 3.8) is 0 Å². The Morgan fingerprint density at radius 2 is 1.21 bits per heavy atom. The minimum absolute atomic E-state index is 0.0720. The zero-order valence-electron chi connectivity index (χ0n) is 35.3. The van der Waals surface area contributed by atoms with Crippen LogP contribution in [0.1, 0.15) is 33.4 Å². The molecule has 2 aromatic carbocycles. The molecule has 0 saturated heterocycles. The van der Waals surface area contributed by atoms with Gasteiger partial charge in [0.25, 0.3) is 0 Å². The highest BCUT2D eigenvalue weighted by atomic mass is 16.4. The second-order valence-electron chi connectivity index (χ2n) is 15.3. The number of benzene rings is 2. The van der Waals surface area contributed by atoms with Crippen LogP contribution in [0.15, 0.2) is 97.6 Å². The molecule has 4 aromatic heterocycles. The summed E-state index contributed by atoms with van der Waals surface area (Å²) in [6, 6.07) is 20.4. The van der Waals surface area contributed by atoms with E-state index in [1.54, 1.807) is 30.3 Å². The number of likely N-dealkylation sites (N-methyl/N-ethyl adjacent to an activating group) is 3. The van der Waals surface area contributed by atoms with E-state index in [1.807, 2.05) is 62.3 Å². The molecular formula is C46H52N10O5. The van der Waals surface area contributed by atoms with E-state index >= 15 is 0 Å². The number of aryl methyl sites for hydroxylation is 2. The average Bonchev–Trinajstić information content (AvgIpc) is 3.59. The van der Waals surface area contributed by atoms with Crippen LogP contribution >= 0.6 is 0 Å². The zero-order chi connectivity index (χ0) is 43.6. The van der Waals surface area contributed by atoms with Crippen molar-refractivity contribution in [2.24, 2.45) is 14.1 Å². The van der Waals surface area contributed by atoms with E-state index in [9.17, 15) is 19.2 Å². The smallest absolute Gasteiger partial charge is 0.328 e. The first-order valence-electron chi connectivity index (χ1n) is 19.8. The number of carbonyl (C=O) groups excluding carboxylic acids is 3. The van der Waals surface area contributed by atoms with Crippen molar-refractivity contribution in [1.82, 2.24) is 39.1 Å². The molecule has 0 spiro atoms. The summed E-state index contributed by atoms with van der Waals surface area (Å²) in [6.07, 6.45) is 13.3. The average molecular weight is 825 g/mol. The summed E-state index contributed by atoms with van der Waals surface area (Å²) >= 11 is 0. The topological polar surface area (TPSA) is 170 Å². The molecule has 0 radical (unpaired) electrons. The van der Waals surface area contributed by atoms with Crippen LogP contribution < -0.4 is 16.0 Å². The summed E-state index contributed by atoms with van der Waals surface area (Å²) in [5.74, 6) is -0.133. The molecule has 0 aliphatic carbocycles. The number of anilines is 2. The van der Waals surface area contributed by atoms with E-state index < -0.39 is 5.97 Å². The lowest BCUT2D eigenvalue weighted by molar-refractivity contribution is -0.131. The number of pyridine rings is 2. The summed E-state index contributed by atoms with van der Waals surface area (Å²) in [5.41, 5.74) is 8.25. The molecule has 0 bridgehead atoms. The number of rotatable bonds is 8. The van der Waals surface area contributed by atoms with Crippen LogP contribution in [0.3, 0.4) is 0 Å². The van der Waals surface area contributed by atoms with Crippen molar-refractivity contribution in [2.75, 3.05) is 51.9 Å². The molecule has 3 amide bonds. The number of carboxylic acids is 1. The van der Waals surface area contributed by atoms with Gasteiger partial charge in [-0.1, -0.05) is 36.4 Å². The first kappa shape index (κ1) is 43.6. The number of hydrogen-bond donors (Lipinski definition) is 4. The molecular weight excluding hydrogens is 773 g/mol. The van der Waals surface area contributed by atoms with Crippen LogP contribution in [0, 0.1) is 0 Å². The van der Waals surface area contributed by atoms with E-state index in [2.05, 4.69) is 90.9 Å². The first-order chi connectivity index (χ1) is 29.3. The highest BCUT2D eigenvalue weighted by Crippen LogP contribution is 2.24. The van der Waals surface area contributed by atoms with Crippen molar-refractivity contribution in [1.29, 1.82) is 0 Å². The fourth-order valence-electron chi connectivity index (χ4n) is 7.34. The van der Waals surface area contributed by atoms with Crippen LogP contribution in [-0.2, 0) is 59.5 Å². The Labute approximate surface area is 355 Å². The van der Waals surface area contributed by atoms with E-state index in [1.165, 1.54) is 28.7 Å². The maximum atomic E-state index is 12.6. The number of aliphatic carboxylic acids is 1. The van der Waals surface area contributed by atoms with Gasteiger partial charge >= 0.3 is 5.97 Å². The molecule has 316 valence electrons. The SMILES string of the molecule is CN1CC(=O)Nc2ncc(/C=C/C(=O)N(C)Cc3cn(C)c4ccccc34)cc2C1.CN1CC(=O)Nc2ncc(/C=C/C(=O)O)cc2C1.CNCc1cn(C)c2ccccc12. The Morgan fingerprint density at radius 1 is 0.738 bits per heavy atom. The molecule has 15 nitrogen and oxygen atoms in total. The lowest BCUT2D eigenvalue weighted by Gasteiger charge is -2.14. The first-order valence-corrected chi connectivity index (χ1v) is 19.8. The molecule has 0 fully saturated rings. The summed E-state index contributed by atoms with van der Waals surface area (Å²) in [5, 5.41) is 19.8. The Morgan fingerprint density at radius 3 is 1.72 bits per heavy atom. The summed E-state index contributed by atoms with van der Waals surface area (Å²) in [6.45, 7) is 3.33. The monoisotopic (exact) mass is 824 g/mol. The molecule has 15 heteroatoms. The molecule has 6 aromatic rings. The van der Waals surface area contributed by atoms with Gasteiger partial charge in [0.1, 0.15) is 11.6 Å². The number of amides is 3. The summed E-state index contributed by atoms with van der Waals surface area (Å²) < 4.78 is 4.25. The van der Waals surface area contributed by atoms with Gasteiger partial charge < -0.3 is 35.1 Å². The number of carbonyl (C=O) groups is 4. The molecule has 6 heterocycles. The fourth-order valence-corrected chi connectivity index (χ4v) is 7.34. The number of carboxylic acid groups (broad SMARTS) is 1. The fraction of sp³-hybridized carbons (Fsp3) is 0.261. The highest BCUT2D eigenvalue weighted by Gasteiger charge is 2.19. The summed E-state index contributed by atoms with van der Waals surface area (Å²) in [7, 11) is 11.6. The molecule has 4 N–H and O–H groups in total. The third kappa shape index (κ3) is 11.4. The van der Waals surface area contributed by atoms with Crippen molar-refractivity contribution < 1.29 is 24.3 Å². The number of para-hydroxylation sites is 2. The minimum atomic E-state index is -1.00. The Bertz CT molecular complexity index is 2630. The van der Waals surface area contributed by atoms with Crippen molar-refractivity contribution in [2.45, 2.75) is 26.2 Å². The van der Waals surface area contributed by atoms with Gasteiger partial charge in [0.2, 0.25) is 17.7 Å². The van der Waals surface area contributed by atoms with E-state index in [-0.39, 0.29) is 17.7 Å². The third-order valence-electron chi connectivity index (χ3n) is 10.1. The van der Waals surface area contributed by atoms with Gasteiger partial charge in [-0.25, -0.2) is 14.8 Å². The molecule has 0 saturated carbocycles. The normalized spacial score (nSPS) is 14.3. The third-order valence-corrected chi connectivity index (χ3v) is 10.1. The molecule has 61 heavy (non-hydrogen) atoms. The number of aromatic nitrogens is 4. The molecule has 2 aliphatic heterocycles. The molecule has 8 rings (SSSR count). The quantitative estimate of drug-likeness (QED) is 0.152. The number of hydrogen-bond acceptors (Lipinski definition) is 9. The lowest BCUT2D eigenvalue weighted by Crippen LogP contribution is -2.26. The van der Waals surface area contributed by atoms with Crippen LogP contribution in [0.4, 0.5) is 11.6 Å². The maximum absolute atomic E-state index is 12.6. The van der Waals surface area contributed by atoms with Crippen molar-refractivity contribution in [3.05, 3.63) is 131 Å². The van der Waals surface area contributed by atoms with Gasteiger partial charge in [-0.2, -0.15) is 0 Å². The minimum Gasteiger partial charge on any atom is -0.478 e. The highest BCUT2D eigenvalue weighted by molar-refractivity contribution is 5.94. The molecule has 0 unspecified atom stereocenters. The standard InChI is InChI=1S/C23H25N5O2.C12H13N3O3.C11H14N2/c1-26-12-17-10-16(11-24-23(17)25-21(29)15-26)8-9-22(30)28(3)14-18-13-27(2)20-7-5-4-6-19(18)20;1-15-6-9-4-8(2-3-11(17)18)5-13-12(9)14-10(16)7-15;1-12-7-9-8-13(2)11-6-4-3-5-10(9)11/h4-11,13H,12,14-15H2,1-3H3,(H,24,25,29);2-5H,6-7H2,1H3,(H,17,18)(H,13,14,16);3-6,8,12H,7H2,1-2H3/b9-8+;3-2+;. The van der Waals surface area contributed by atoms with Crippen LogP contribution in [0.2, 0.25) is 0 Å². The van der Waals surface area contributed by atoms with Crippen molar-refractivity contribution in [3.8, 4) is 0 Å². The second kappa shape index (κ2) is 19.9. The van der Waals surface area contributed by atoms with Gasteiger partial charge in [-0.3, -0.25) is 24.2 Å².